The molecule has 2 fully saturated rings. The fraction of sp³-hybridized carbons (Fsp3) is 0.481. The monoisotopic (exact) mass is 407 g/mol. The summed E-state index contributed by atoms with van der Waals surface area (Å²) in [5, 5.41) is 0.885. The van der Waals surface area contributed by atoms with Crippen molar-refractivity contribution in [1.29, 1.82) is 0 Å². The van der Waals surface area contributed by atoms with E-state index in [0.29, 0.717) is 0 Å². The Hall–Kier alpha value is -1.57. The maximum atomic E-state index is 6.47. The summed E-state index contributed by atoms with van der Waals surface area (Å²) >= 11 is 6.47. The number of hydrogen-bond acceptors (Lipinski definition) is 1. The maximum Gasteiger partial charge on any atom is 0.0444 e. The molecule has 1 heterocycles. The Morgan fingerprint density at radius 3 is 2.45 bits per heavy atom. The van der Waals surface area contributed by atoms with Crippen LogP contribution < -0.4 is 0 Å². The first kappa shape index (κ1) is 20.7. The van der Waals surface area contributed by atoms with Gasteiger partial charge in [-0.2, -0.15) is 0 Å². The van der Waals surface area contributed by atoms with Crippen molar-refractivity contribution >= 4 is 17.2 Å². The second-order valence-electron chi connectivity index (χ2n) is 9.21. The number of allylic oxidation sites excluding steroid dienone is 7. The zero-order valence-corrected chi connectivity index (χ0v) is 18.7. The number of benzene rings is 1. The van der Waals surface area contributed by atoms with Crippen LogP contribution in [0.15, 0.2) is 65.3 Å². The van der Waals surface area contributed by atoms with Gasteiger partial charge in [-0.25, -0.2) is 0 Å². The van der Waals surface area contributed by atoms with Gasteiger partial charge in [0, 0.05) is 11.6 Å². The second kappa shape index (κ2) is 9.06. The van der Waals surface area contributed by atoms with Gasteiger partial charge < -0.3 is 4.90 Å². The van der Waals surface area contributed by atoms with Gasteiger partial charge in [0.15, 0.2) is 0 Å². The van der Waals surface area contributed by atoms with Crippen LogP contribution in [0.4, 0.5) is 0 Å². The van der Waals surface area contributed by atoms with Gasteiger partial charge >= 0.3 is 0 Å². The zero-order valence-electron chi connectivity index (χ0n) is 18.0. The van der Waals surface area contributed by atoms with Crippen LogP contribution in [0.3, 0.4) is 0 Å². The first-order valence-corrected chi connectivity index (χ1v) is 11.6. The number of halogens is 1. The molecule has 154 valence electrons. The van der Waals surface area contributed by atoms with E-state index < -0.39 is 0 Å². The number of piperidine rings is 1. The van der Waals surface area contributed by atoms with Crippen LogP contribution in [0.1, 0.15) is 63.0 Å². The van der Waals surface area contributed by atoms with Crippen molar-refractivity contribution in [2.24, 2.45) is 11.8 Å². The first-order chi connectivity index (χ1) is 14.1. The minimum absolute atomic E-state index is 0.745. The molecule has 1 aliphatic heterocycles. The smallest absolute Gasteiger partial charge is 0.0444 e. The Balaban J connectivity index is 1.32. The highest BCUT2D eigenvalue weighted by Gasteiger charge is 2.32. The van der Waals surface area contributed by atoms with Crippen molar-refractivity contribution in [3.63, 3.8) is 0 Å². The number of rotatable bonds is 5. The highest BCUT2D eigenvalue weighted by Crippen LogP contribution is 2.43. The van der Waals surface area contributed by atoms with Crippen molar-refractivity contribution in [2.75, 3.05) is 19.6 Å². The summed E-state index contributed by atoms with van der Waals surface area (Å²) in [4.78, 5) is 2.68. The minimum Gasteiger partial charge on any atom is -0.303 e. The van der Waals surface area contributed by atoms with E-state index in [-0.39, 0.29) is 0 Å². The number of nitrogens with zero attached hydrogens (tertiary/aromatic N) is 1. The fourth-order valence-electron chi connectivity index (χ4n) is 5.21. The zero-order chi connectivity index (χ0) is 20.4. The number of hydrogen-bond donors (Lipinski definition) is 0. The van der Waals surface area contributed by atoms with E-state index in [1.165, 1.54) is 73.2 Å². The first-order valence-electron chi connectivity index (χ1n) is 11.2. The standard InChI is InChI=1S/C27H34ClN/c1-4-20-10-12-29(13-11-20)18-21-15-25(16-21)23-6-8-24(9-7-23)26-17-27(28)22(5-2)14-19(26)3/h4-9,17,20-21,25H,1,10-16,18H2,2-3H3/b22-5+. The average molecular weight is 408 g/mol. The molecule has 0 bridgehead atoms. The summed E-state index contributed by atoms with van der Waals surface area (Å²) in [5.41, 5.74) is 6.73. The van der Waals surface area contributed by atoms with Crippen molar-refractivity contribution in [1.82, 2.24) is 4.90 Å². The van der Waals surface area contributed by atoms with Crippen LogP contribution >= 0.6 is 11.6 Å². The Labute approximate surface area is 181 Å². The van der Waals surface area contributed by atoms with Gasteiger partial charge in [-0.05, 0) is 105 Å². The molecule has 1 aromatic carbocycles. The third kappa shape index (κ3) is 4.62. The molecule has 1 aromatic rings. The second-order valence-corrected chi connectivity index (χ2v) is 9.61. The summed E-state index contributed by atoms with van der Waals surface area (Å²) in [6, 6.07) is 9.28. The van der Waals surface area contributed by atoms with Gasteiger partial charge in [0.25, 0.3) is 0 Å². The van der Waals surface area contributed by atoms with Crippen molar-refractivity contribution in [2.45, 2.75) is 51.9 Å². The van der Waals surface area contributed by atoms with Gasteiger partial charge in [0.05, 0.1) is 0 Å². The Kier molecular flexibility index (Phi) is 6.47. The molecule has 1 saturated carbocycles. The molecule has 1 saturated heterocycles. The van der Waals surface area contributed by atoms with E-state index in [1.807, 2.05) is 0 Å². The van der Waals surface area contributed by atoms with Gasteiger partial charge in [0.2, 0.25) is 0 Å². The Morgan fingerprint density at radius 1 is 1.14 bits per heavy atom. The predicted molar refractivity (Wildman–Crippen MR) is 126 cm³/mol. The van der Waals surface area contributed by atoms with Crippen molar-refractivity contribution in [3.8, 4) is 0 Å². The lowest BCUT2D eigenvalue weighted by Crippen LogP contribution is -2.40. The molecule has 2 aliphatic carbocycles. The molecule has 4 rings (SSSR count). The highest BCUT2D eigenvalue weighted by molar-refractivity contribution is 6.33. The molecule has 0 atom stereocenters. The van der Waals surface area contributed by atoms with Crippen LogP contribution in [0.25, 0.3) is 5.57 Å². The van der Waals surface area contributed by atoms with E-state index in [2.05, 4.69) is 67.8 Å². The molecule has 0 N–H and O–H groups in total. The maximum absolute atomic E-state index is 6.47. The van der Waals surface area contributed by atoms with E-state index in [4.69, 9.17) is 11.6 Å². The van der Waals surface area contributed by atoms with Gasteiger partial charge in [-0.3, -0.25) is 0 Å². The highest BCUT2D eigenvalue weighted by atomic mass is 35.5. The van der Waals surface area contributed by atoms with Gasteiger partial charge in [-0.1, -0.05) is 53.6 Å². The summed E-state index contributed by atoms with van der Waals surface area (Å²) in [5.74, 6) is 2.37. The molecule has 3 aliphatic rings. The van der Waals surface area contributed by atoms with Crippen LogP contribution in [0.2, 0.25) is 0 Å². The van der Waals surface area contributed by atoms with E-state index in [0.717, 1.165) is 29.2 Å². The van der Waals surface area contributed by atoms with Crippen LogP contribution in [-0.4, -0.2) is 24.5 Å². The minimum atomic E-state index is 0.745. The summed E-state index contributed by atoms with van der Waals surface area (Å²) < 4.78 is 0. The molecule has 2 heteroatoms. The molecule has 0 unspecified atom stereocenters. The lowest BCUT2D eigenvalue weighted by atomic mass is 9.71. The molecule has 0 radical (unpaired) electrons. The van der Waals surface area contributed by atoms with Crippen molar-refractivity contribution in [3.05, 3.63) is 76.4 Å². The summed E-state index contributed by atoms with van der Waals surface area (Å²) in [7, 11) is 0. The summed E-state index contributed by atoms with van der Waals surface area (Å²) in [6.07, 6.45) is 12.6. The van der Waals surface area contributed by atoms with E-state index in [1.54, 1.807) is 0 Å². The van der Waals surface area contributed by atoms with E-state index in [9.17, 15) is 0 Å². The fourth-order valence-corrected chi connectivity index (χ4v) is 5.49. The molecule has 0 spiro atoms. The molecule has 29 heavy (non-hydrogen) atoms. The third-order valence-corrected chi connectivity index (χ3v) is 7.60. The van der Waals surface area contributed by atoms with Gasteiger partial charge in [-0.15, -0.1) is 6.58 Å². The molecule has 0 aromatic heterocycles. The Bertz CT molecular complexity index is 828. The Morgan fingerprint density at radius 2 is 1.83 bits per heavy atom. The normalized spacial score (nSPS) is 27.7. The van der Waals surface area contributed by atoms with Crippen molar-refractivity contribution < 1.29 is 0 Å². The molecule has 0 amide bonds. The lowest BCUT2D eigenvalue weighted by molar-refractivity contribution is 0.129. The van der Waals surface area contributed by atoms with E-state index >= 15 is 0 Å². The molecular weight excluding hydrogens is 374 g/mol. The third-order valence-electron chi connectivity index (χ3n) is 7.25. The topological polar surface area (TPSA) is 3.24 Å². The molecular formula is C27H34ClN. The molecule has 1 nitrogen and oxygen atoms in total. The largest absolute Gasteiger partial charge is 0.303 e. The number of likely N-dealkylation sites (tertiary alicyclic amines) is 1. The van der Waals surface area contributed by atoms with Crippen LogP contribution in [0, 0.1) is 11.8 Å². The van der Waals surface area contributed by atoms with Crippen LogP contribution in [-0.2, 0) is 0 Å². The van der Waals surface area contributed by atoms with Gasteiger partial charge in [0.1, 0.15) is 0 Å². The van der Waals surface area contributed by atoms with Crippen LogP contribution in [0.5, 0.6) is 0 Å². The average Bonchev–Trinajstić information content (AvgIpc) is 2.72. The lowest BCUT2D eigenvalue weighted by Gasteiger charge is -2.41. The quantitative estimate of drug-likeness (QED) is 0.462. The SMILES string of the molecule is C=CC1CCN(CC2CC(c3ccc(C4=C(C)C/C(=C\C)C(Cl)=C4)cc3)C2)CC1. The summed E-state index contributed by atoms with van der Waals surface area (Å²) in [6.45, 7) is 12.0. The predicted octanol–water partition coefficient (Wildman–Crippen LogP) is 7.32.